The third-order valence-corrected chi connectivity index (χ3v) is 2.53. The zero-order valence-corrected chi connectivity index (χ0v) is 9.99. The van der Waals surface area contributed by atoms with E-state index in [4.69, 9.17) is 4.74 Å². The number of aromatic nitrogens is 1. The molecule has 88 valence electrons. The summed E-state index contributed by atoms with van der Waals surface area (Å²) in [5.74, 6) is 0.838. The number of hydrogen-bond acceptors (Lipinski definition) is 2. The number of pyridine rings is 1. The Morgan fingerprint density at radius 2 is 2.06 bits per heavy atom. The molecule has 0 atom stereocenters. The summed E-state index contributed by atoms with van der Waals surface area (Å²) in [7, 11) is 0. The fourth-order valence-electron chi connectivity index (χ4n) is 1.73. The Hall–Kier alpha value is -2.03. The first-order valence-corrected chi connectivity index (χ1v) is 5.63. The molecular weight excluding hydrogens is 214 g/mol. The zero-order valence-electron chi connectivity index (χ0n) is 9.99. The number of hydrogen-bond donors (Lipinski definition) is 1. The van der Waals surface area contributed by atoms with Crippen molar-refractivity contribution in [3.63, 3.8) is 0 Å². The minimum absolute atomic E-state index is 0.0978. The summed E-state index contributed by atoms with van der Waals surface area (Å²) in [6.45, 7) is 4.61. The topological polar surface area (TPSA) is 42.1 Å². The molecule has 2 aromatic rings. The standard InChI is InChI=1S/C14H15NO2/c1-3-17-13-6-4-10(2)8-12(13)11-5-7-14(16)15-9-11/h4-9H,3H2,1-2H3,(H,15,16). The maximum absolute atomic E-state index is 11.0. The first-order valence-electron chi connectivity index (χ1n) is 5.63. The molecule has 0 saturated carbocycles. The Labute approximate surface area is 100 Å². The highest BCUT2D eigenvalue weighted by molar-refractivity contribution is 5.70. The van der Waals surface area contributed by atoms with Gasteiger partial charge in [-0.25, -0.2) is 0 Å². The van der Waals surface area contributed by atoms with E-state index in [9.17, 15) is 4.79 Å². The van der Waals surface area contributed by atoms with Crippen molar-refractivity contribution in [2.24, 2.45) is 0 Å². The average Bonchev–Trinajstić information content (AvgIpc) is 2.33. The highest BCUT2D eigenvalue weighted by Crippen LogP contribution is 2.30. The van der Waals surface area contributed by atoms with Gasteiger partial charge in [-0.2, -0.15) is 0 Å². The second-order valence-corrected chi connectivity index (χ2v) is 3.87. The maximum atomic E-state index is 11.0. The predicted octanol–water partition coefficient (Wildman–Crippen LogP) is 2.75. The maximum Gasteiger partial charge on any atom is 0.247 e. The number of aromatic amines is 1. The van der Waals surface area contributed by atoms with Gasteiger partial charge >= 0.3 is 0 Å². The average molecular weight is 229 g/mol. The molecule has 0 bridgehead atoms. The van der Waals surface area contributed by atoms with E-state index in [2.05, 4.69) is 11.1 Å². The van der Waals surface area contributed by atoms with Crippen molar-refractivity contribution < 1.29 is 4.74 Å². The van der Waals surface area contributed by atoms with Gasteiger partial charge in [0, 0.05) is 23.4 Å². The van der Waals surface area contributed by atoms with Crippen LogP contribution < -0.4 is 10.3 Å². The molecule has 3 nitrogen and oxygen atoms in total. The van der Waals surface area contributed by atoms with Gasteiger partial charge in [0.25, 0.3) is 0 Å². The van der Waals surface area contributed by atoms with E-state index in [-0.39, 0.29) is 5.56 Å². The summed E-state index contributed by atoms with van der Waals surface area (Å²) < 4.78 is 5.58. The van der Waals surface area contributed by atoms with Crippen molar-refractivity contribution in [1.82, 2.24) is 4.98 Å². The highest BCUT2D eigenvalue weighted by atomic mass is 16.5. The molecule has 0 aliphatic rings. The van der Waals surface area contributed by atoms with Crippen molar-refractivity contribution in [2.75, 3.05) is 6.61 Å². The van der Waals surface area contributed by atoms with E-state index in [0.29, 0.717) is 6.61 Å². The lowest BCUT2D eigenvalue weighted by Crippen LogP contribution is -2.02. The normalized spacial score (nSPS) is 10.2. The molecule has 0 aliphatic heterocycles. The van der Waals surface area contributed by atoms with Gasteiger partial charge in [0.1, 0.15) is 5.75 Å². The zero-order chi connectivity index (χ0) is 12.3. The van der Waals surface area contributed by atoms with Crippen LogP contribution in [0.15, 0.2) is 41.3 Å². The van der Waals surface area contributed by atoms with Crippen LogP contribution in [0.25, 0.3) is 11.1 Å². The molecular formula is C14H15NO2. The van der Waals surface area contributed by atoms with E-state index < -0.39 is 0 Å². The number of rotatable bonds is 3. The third kappa shape index (κ3) is 2.56. The summed E-state index contributed by atoms with van der Waals surface area (Å²) in [6, 6.07) is 9.35. The first kappa shape index (κ1) is 11.5. The molecule has 0 aliphatic carbocycles. The smallest absolute Gasteiger partial charge is 0.247 e. The molecule has 0 radical (unpaired) electrons. The molecule has 0 amide bonds. The van der Waals surface area contributed by atoms with Gasteiger partial charge < -0.3 is 9.72 Å². The predicted molar refractivity (Wildman–Crippen MR) is 68.4 cm³/mol. The Balaban J connectivity index is 2.52. The lowest BCUT2D eigenvalue weighted by molar-refractivity contribution is 0.341. The van der Waals surface area contributed by atoms with Crippen molar-refractivity contribution in [2.45, 2.75) is 13.8 Å². The minimum atomic E-state index is -0.0978. The van der Waals surface area contributed by atoms with E-state index in [0.717, 1.165) is 22.4 Å². The van der Waals surface area contributed by atoms with Crippen LogP contribution in [0.2, 0.25) is 0 Å². The van der Waals surface area contributed by atoms with Crippen LogP contribution in [-0.4, -0.2) is 11.6 Å². The third-order valence-electron chi connectivity index (χ3n) is 2.53. The molecule has 1 heterocycles. The second kappa shape index (κ2) is 4.87. The molecule has 2 rings (SSSR count). The van der Waals surface area contributed by atoms with Gasteiger partial charge in [0.2, 0.25) is 5.56 Å². The van der Waals surface area contributed by atoms with Gasteiger partial charge in [-0.15, -0.1) is 0 Å². The van der Waals surface area contributed by atoms with Gasteiger partial charge in [0.05, 0.1) is 6.61 Å². The van der Waals surface area contributed by atoms with E-state index >= 15 is 0 Å². The van der Waals surface area contributed by atoms with Crippen LogP contribution in [0.5, 0.6) is 5.75 Å². The van der Waals surface area contributed by atoms with Crippen LogP contribution in [0, 0.1) is 6.92 Å². The highest BCUT2D eigenvalue weighted by Gasteiger charge is 2.06. The molecule has 3 heteroatoms. The van der Waals surface area contributed by atoms with Gasteiger partial charge in [-0.05, 0) is 32.0 Å². The molecule has 0 spiro atoms. The molecule has 0 saturated heterocycles. The Morgan fingerprint density at radius 3 is 2.71 bits per heavy atom. The van der Waals surface area contributed by atoms with Gasteiger partial charge in [0.15, 0.2) is 0 Å². The molecule has 0 unspecified atom stereocenters. The number of aryl methyl sites for hydroxylation is 1. The van der Waals surface area contributed by atoms with Gasteiger partial charge in [-0.1, -0.05) is 11.6 Å². The lowest BCUT2D eigenvalue weighted by atomic mass is 10.0. The quantitative estimate of drug-likeness (QED) is 0.879. The summed E-state index contributed by atoms with van der Waals surface area (Å²) in [5.41, 5.74) is 3.02. The fraction of sp³-hybridized carbons (Fsp3) is 0.214. The number of benzene rings is 1. The van der Waals surface area contributed by atoms with Crippen molar-refractivity contribution >= 4 is 0 Å². The van der Waals surface area contributed by atoms with Crippen LogP contribution in [-0.2, 0) is 0 Å². The van der Waals surface area contributed by atoms with Crippen LogP contribution >= 0.6 is 0 Å². The summed E-state index contributed by atoms with van der Waals surface area (Å²) in [6.07, 6.45) is 1.71. The molecule has 1 aromatic carbocycles. The van der Waals surface area contributed by atoms with E-state index in [1.807, 2.05) is 26.0 Å². The largest absolute Gasteiger partial charge is 0.493 e. The molecule has 0 fully saturated rings. The Bertz CT molecular complexity index is 552. The molecule has 17 heavy (non-hydrogen) atoms. The van der Waals surface area contributed by atoms with Gasteiger partial charge in [-0.3, -0.25) is 4.79 Å². The first-order chi connectivity index (χ1) is 8.20. The number of ether oxygens (including phenoxy) is 1. The van der Waals surface area contributed by atoms with Crippen molar-refractivity contribution in [3.8, 4) is 16.9 Å². The minimum Gasteiger partial charge on any atom is -0.493 e. The molecule has 1 aromatic heterocycles. The summed E-state index contributed by atoms with van der Waals surface area (Å²) in [5, 5.41) is 0. The van der Waals surface area contributed by atoms with Crippen molar-refractivity contribution in [3.05, 3.63) is 52.4 Å². The Kier molecular flexibility index (Phi) is 3.28. The van der Waals surface area contributed by atoms with E-state index in [1.165, 1.54) is 6.07 Å². The summed E-state index contributed by atoms with van der Waals surface area (Å²) in [4.78, 5) is 13.7. The fourth-order valence-corrected chi connectivity index (χ4v) is 1.73. The summed E-state index contributed by atoms with van der Waals surface area (Å²) >= 11 is 0. The van der Waals surface area contributed by atoms with E-state index in [1.54, 1.807) is 12.3 Å². The molecule has 1 N–H and O–H groups in total. The van der Waals surface area contributed by atoms with Crippen LogP contribution in [0.4, 0.5) is 0 Å². The SMILES string of the molecule is CCOc1ccc(C)cc1-c1ccc(=O)[nH]c1. The second-order valence-electron chi connectivity index (χ2n) is 3.87. The van der Waals surface area contributed by atoms with Crippen molar-refractivity contribution in [1.29, 1.82) is 0 Å². The Morgan fingerprint density at radius 1 is 1.24 bits per heavy atom. The monoisotopic (exact) mass is 229 g/mol. The lowest BCUT2D eigenvalue weighted by Gasteiger charge is -2.10. The number of nitrogens with one attached hydrogen (secondary N) is 1. The number of H-pyrrole nitrogens is 1. The van der Waals surface area contributed by atoms with Crippen LogP contribution in [0.1, 0.15) is 12.5 Å². The van der Waals surface area contributed by atoms with Crippen LogP contribution in [0.3, 0.4) is 0 Å².